The van der Waals surface area contributed by atoms with E-state index in [0.29, 0.717) is 12.5 Å². The van der Waals surface area contributed by atoms with Crippen LogP contribution in [0.1, 0.15) is 38.5 Å². The number of nitrogens with zero attached hydrogens (tertiary/aromatic N) is 4. The van der Waals surface area contributed by atoms with Gasteiger partial charge in [0.1, 0.15) is 0 Å². The Morgan fingerprint density at radius 2 is 1.78 bits per heavy atom. The summed E-state index contributed by atoms with van der Waals surface area (Å²) in [6.07, 6.45) is 9.74. The van der Waals surface area contributed by atoms with E-state index in [2.05, 4.69) is 15.0 Å². The zero-order chi connectivity index (χ0) is 18.7. The second-order valence-corrected chi connectivity index (χ2v) is 8.13. The molecule has 1 saturated heterocycles. The van der Waals surface area contributed by atoms with Crippen LogP contribution in [0.3, 0.4) is 0 Å². The van der Waals surface area contributed by atoms with Gasteiger partial charge in [-0.3, -0.25) is 9.78 Å². The molecule has 0 aromatic carbocycles. The molecule has 0 unspecified atom stereocenters. The predicted molar refractivity (Wildman–Crippen MR) is 104 cm³/mol. The van der Waals surface area contributed by atoms with Crippen LogP contribution in [0.2, 0.25) is 0 Å². The van der Waals surface area contributed by atoms with Gasteiger partial charge in [-0.15, -0.1) is 0 Å². The summed E-state index contributed by atoms with van der Waals surface area (Å²) in [4.78, 5) is 18.7. The topological polar surface area (TPSA) is 71.2 Å². The minimum atomic E-state index is -0.468. The molecule has 144 valence electrons. The second-order valence-electron chi connectivity index (χ2n) is 8.13. The lowest BCUT2D eigenvalue weighted by atomic mass is 9.94. The van der Waals surface area contributed by atoms with E-state index in [1.54, 1.807) is 29.2 Å². The summed E-state index contributed by atoms with van der Waals surface area (Å²) in [5.41, 5.74) is 1.26. The van der Waals surface area contributed by atoms with Crippen LogP contribution in [0, 0.1) is 5.92 Å². The number of pyridine rings is 1. The van der Waals surface area contributed by atoms with Crippen molar-refractivity contribution in [3.05, 3.63) is 47.0 Å². The maximum Gasteiger partial charge on any atom is 0.266 e. The van der Waals surface area contributed by atoms with Crippen LogP contribution >= 0.6 is 0 Å². The van der Waals surface area contributed by atoms with E-state index in [1.165, 1.54) is 0 Å². The molecule has 1 N–H and O–H groups in total. The molecule has 4 rings (SSSR count). The van der Waals surface area contributed by atoms with Crippen LogP contribution in [0.5, 0.6) is 0 Å². The molecule has 2 aliphatic rings. The molecule has 3 heterocycles. The van der Waals surface area contributed by atoms with Crippen molar-refractivity contribution in [2.75, 3.05) is 19.6 Å². The van der Waals surface area contributed by atoms with Gasteiger partial charge in [0.25, 0.3) is 5.56 Å². The molecule has 2 aromatic rings. The van der Waals surface area contributed by atoms with Gasteiger partial charge in [0.05, 0.1) is 11.3 Å². The molecule has 2 fully saturated rings. The number of aliphatic hydroxyl groups is 1. The van der Waals surface area contributed by atoms with Gasteiger partial charge in [-0.1, -0.05) is 12.8 Å². The highest BCUT2D eigenvalue weighted by Gasteiger charge is 2.34. The predicted octanol–water partition coefficient (Wildman–Crippen LogP) is 2.32. The highest BCUT2D eigenvalue weighted by molar-refractivity contribution is 5.56. The van der Waals surface area contributed by atoms with Crippen LogP contribution in [0.4, 0.5) is 0 Å². The zero-order valence-corrected chi connectivity index (χ0v) is 15.8. The van der Waals surface area contributed by atoms with E-state index >= 15 is 0 Å². The van der Waals surface area contributed by atoms with Gasteiger partial charge in [-0.05, 0) is 62.9 Å². The number of aromatic nitrogens is 3. The summed E-state index contributed by atoms with van der Waals surface area (Å²) >= 11 is 0. The van der Waals surface area contributed by atoms with Crippen LogP contribution in [0.15, 0.2) is 41.5 Å². The SMILES string of the molecule is O=c1ccc(-c2ccncc2)nn1CC1CCN(CC2(O)CCCC2)CC1. The molecule has 2 aromatic heterocycles. The standard InChI is InChI=1S/C21H28N4O2/c26-20-4-3-19(18-5-11-22-12-6-18)23-25(20)15-17-7-13-24(14-8-17)16-21(27)9-1-2-10-21/h3-6,11-12,17,27H,1-2,7-10,13-16H2. The van der Waals surface area contributed by atoms with Crippen molar-refractivity contribution in [2.45, 2.75) is 50.7 Å². The first-order chi connectivity index (χ1) is 13.1. The highest BCUT2D eigenvalue weighted by atomic mass is 16.3. The van der Waals surface area contributed by atoms with Crippen LogP contribution in [-0.4, -0.2) is 50.0 Å². The van der Waals surface area contributed by atoms with Crippen LogP contribution in [0.25, 0.3) is 11.3 Å². The third-order valence-corrected chi connectivity index (χ3v) is 6.03. The summed E-state index contributed by atoms with van der Waals surface area (Å²) in [5.74, 6) is 0.456. The fourth-order valence-corrected chi connectivity index (χ4v) is 4.44. The summed E-state index contributed by atoms with van der Waals surface area (Å²) < 4.78 is 1.61. The molecule has 0 amide bonds. The number of likely N-dealkylation sites (tertiary alicyclic amines) is 1. The Morgan fingerprint density at radius 1 is 1.07 bits per heavy atom. The summed E-state index contributed by atoms with van der Waals surface area (Å²) in [5, 5.41) is 15.2. The van der Waals surface area contributed by atoms with Gasteiger partial charge in [0.2, 0.25) is 0 Å². The fraction of sp³-hybridized carbons (Fsp3) is 0.571. The third-order valence-electron chi connectivity index (χ3n) is 6.03. The first kappa shape index (κ1) is 18.3. The smallest absolute Gasteiger partial charge is 0.266 e. The van der Waals surface area contributed by atoms with Crippen molar-refractivity contribution in [2.24, 2.45) is 5.92 Å². The lowest BCUT2D eigenvalue weighted by Gasteiger charge is -2.36. The van der Waals surface area contributed by atoms with Crippen LogP contribution < -0.4 is 5.56 Å². The first-order valence-electron chi connectivity index (χ1n) is 10.0. The molecular weight excluding hydrogens is 340 g/mol. The number of rotatable bonds is 5. The molecule has 1 aliphatic heterocycles. The van der Waals surface area contributed by atoms with Gasteiger partial charge in [-0.25, -0.2) is 4.68 Å². The highest BCUT2D eigenvalue weighted by Crippen LogP contribution is 2.31. The third kappa shape index (κ3) is 4.45. The van der Waals surface area contributed by atoms with E-state index < -0.39 is 5.60 Å². The van der Waals surface area contributed by atoms with Gasteiger partial charge < -0.3 is 10.0 Å². The lowest BCUT2D eigenvalue weighted by Crippen LogP contribution is -2.45. The Labute approximate surface area is 159 Å². The molecule has 27 heavy (non-hydrogen) atoms. The van der Waals surface area contributed by atoms with E-state index in [4.69, 9.17) is 0 Å². The van der Waals surface area contributed by atoms with Crippen LogP contribution in [-0.2, 0) is 6.54 Å². The van der Waals surface area contributed by atoms with Gasteiger partial charge >= 0.3 is 0 Å². The zero-order valence-electron chi connectivity index (χ0n) is 15.8. The Morgan fingerprint density at radius 3 is 2.48 bits per heavy atom. The van der Waals surface area contributed by atoms with Gasteiger partial charge in [0, 0.05) is 37.1 Å². The fourth-order valence-electron chi connectivity index (χ4n) is 4.44. The van der Waals surface area contributed by atoms with Crippen molar-refractivity contribution in [1.82, 2.24) is 19.7 Å². The number of hydrogen-bond acceptors (Lipinski definition) is 5. The quantitative estimate of drug-likeness (QED) is 0.877. The van der Waals surface area contributed by atoms with Crippen molar-refractivity contribution in [3.8, 4) is 11.3 Å². The molecule has 1 saturated carbocycles. The average Bonchev–Trinajstić information content (AvgIpc) is 3.12. The Hall–Kier alpha value is -2.05. The molecule has 6 nitrogen and oxygen atoms in total. The van der Waals surface area contributed by atoms with Crippen molar-refractivity contribution < 1.29 is 5.11 Å². The van der Waals surface area contributed by atoms with Gasteiger partial charge in [0.15, 0.2) is 0 Å². The molecule has 0 atom stereocenters. The minimum absolute atomic E-state index is 0.0458. The first-order valence-corrected chi connectivity index (χ1v) is 10.0. The van der Waals surface area contributed by atoms with E-state index in [9.17, 15) is 9.90 Å². The molecular formula is C21H28N4O2. The van der Waals surface area contributed by atoms with E-state index in [0.717, 1.165) is 69.4 Å². The summed E-state index contributed by atoms with van der Waals surface area (Å²) in [6, 6.07) is 7.19. The molecule has 0 radical (unpaired) electrons. The molecule has 1 aliphatic carbocycles. The van der Waals surface area contributed by atoms with Crippen molar-refractivity contribution in [1.29, 1.82) is 0 Å². The number of β-amino-alcohol motifs (C(OH)–C–C–N with tert-alkyl or cyclic N) is 1. The average molecular weight is 368 g/mol. The number of hydrogen-bond donors (Lipinski definition) is 1. The normalized spacial score (nSPS) is 20.8. The monoisotopic (exact) mass is 368 g/mol. The molecule has 6 heteroatoms. The summed E-state index contributed by atoms with van der Waals surface area (Å²) in [7, 11) is 0. The van der Waals surface area contributed by atoms with Crippen molar-refractivity contribution in [3.63, 3.8) is 0 Å². The largest absolute Gasteiger partial charge is 0.389 e. The maximum atomic E-state index is 12.3. The van der Waals surface area contributed by atoms with Gasteiger partial charge in [-0.2, -0.15) is 5.10 Å². The lowest BCUT2D eigenvalue weighted by molar-refractivity contribution is -0.000781. The van der Waals surface area contributed by atoms with Crippen molar-refractivity contribution >= 4 is 0 Å². The second kappa shape index (κ2) is 7.90. The molecule has 0 bridgehead atoms. The minimum Gasteiger partial charge on any atom is -0.389 e. The molecule has 0 spiro atoms. The number of piperidine rings is 1. The maximum absolute atomic E-state index is 12.3. The Bertz CT molecular complexity index is 806. The van der Waals surface area contributed by atoms with E-state index in [-0.39, 0.29) is 5.56 Å². The Kier molecular flexibility index (Phi) is 5.36. The summed E-state index contributed by atoms with van der Waals surface area (Å²) in [6.45, 7) is 3.45. The van der Waals surface area contributed by atoms with E-state index in [1.807, 2.05) is 12.1 Å². The Balaban J connectivity index is 1.37.